The summed E-state index contributed by atoms with van der Waals surface area (Å²) in [6, 6.07) is 10.3. The highest BCUT2D eigenvalue weighted by Crippen LogP contribution is 2.32. The average molecular weight is 330 g/mol. The number of amides is 2. The summed E-state index contributed by atoms with van der Waals surface area (Å²) in [5.41, 5.74) is 2.43. The Morgan fingerprint density at radius 2 is 1.79 bits per heavy atom. The Morgan fingerprint density at radius 3 is 2.50 bits per heavy atom. The van der Waals surface area contributed by atoms with Crippen LogP contribution in [0, 0.1) is 5.82 Å². The number of urea groups is 1. The molecule has 0 radical (unpaired) electrons. The zero-order chi connectivity index (χ0) is 17.1. The second kappa shape index (κ2) is 6.78. The third kappa shape index (κ3) is 3.13. The van der Waals surface area contributed by atoms with Gasteiger partial charge >= 0.3 is 6.03 Å². The average Bonchev–Trinajstić information content (AvgIpc) is 2.62. The van der Waals surface area contributed by atoms with Crippen molar-refractivity contribution in [1.29, 1.82) is 0 Å². The first-order chi connectivity index (χ1) is 11.6. The van der Waals surface area contributed by atoms with E-state index in [4.69, 9.17) is 9.47 Å². The second-order valence-corrected chi connectivity index (χ2v) is 5.56. The first-order valence-electron chi connectivity index (χ1n) is 7.66. The van der Waals surface area contributed by atoms with Gasteiger partial charge in [-0.2, -0.15) is 0 Å². The maximum absolute atomic E-state index is 14.2. The van der Waals surface area contributed by atoms with Crippen LogP contribution in [0.15, 0.2) is 36.4 Å². The van der Waals surface area contributed by atoms with Crippen molar-refractivity contribution in [2.24, 2.45) is 0 Å². The number of fused-ring (bicyclic) bond motifs is 1. The predicted molar refractivity (Wildman–Crippen MR) is 89.1 cm³/mol. The highest BCUT2D eigenvalue weighted by Gasteiger charge is 2.22. The van der Waals surface area contributed by atoms with Crippen molar-refractivity contribution in [3.63, 3.8) is 0 Å². The van der Waals surface area contributed by atoms with Crippen molar-refractivity contribution >= 4 is 11.7 Å². The third-order valence-corrected chi connectivity index (χ3v) is 4.13. The van der Waals surface area contributed by atoms with Gasteiger partial charge in [0, 0.05) is 25.2 Å². The zero-order valence-electron chi connectivity index (χ0n) is 13.6. The lowest BCUT2D eigenvalue weighted by Gasteiger charge is -2.29. The number of rotatable bonds is 3. The van der Waals surface area contributed by atoms with Gasteiger partial charge in [0.25, 0.3) is 0 Å². The van der Waals surface area contributed by atoms with Gasteiger partial charge in [0.2, 0.25) is 0 Å². The fourth-order valence-electron chi connectivity index (χ4n) is 2.81. The zero-order valence-corrected chi connectivity index (χ0v) is 13.6. The van der Waals surface area contributed by atoms with Gasteiger partial charge in [0.1, 0.15) is 0 Å². The summed E-state index contributed by atoms with van der Waals surface area (Å²) < 4.78 is 24.3. The molecule has 1 N–H and O–H groups in total. The van der Waals surface area contributed by atoms with Crippen LogP contribution >= 0.6 is 0 Å². The Bertz CT molecular complexity index is 764. The van der Waals surface area contributed by atoms with E-state index in [9.17, 15) is 9.18 Å². The van der Waals surface area contributed by atoms with E-state index in [1.165, 1.54) is 31.9 Å². The summed E-state index contributed by atoms with van der Waals surface area (Å²) in [6.45, 7) is 1.11. The molecule has 0 atom stereocenters. The monoisotopic (exact) mass is 330 g/mol. The molecule has 126 valence electrons. The molecule has 0 bridgehead atoms. The molecule has 0 spiro atoms. The second-order valence-electron chi connectivity index (χ2n) is 5.56. The summed E-state index contributed by atoms with van der Waals surface area (Å²) in [5, 5.41) is 2.61. The number of methoxy groups -OCH3 is 2. The van der Waals surface area contributed by atoms with Crippen molar-refractivity contribution in [1.82, 2.24) is 4.90 Å². The number of hydrogen-bond acceptors (Lipinski definition) is 3. The number of hydrogen-bond donors (Lipinski definition) is 1. The van der Waals surface area contributed by atoms with Gasteiger partial charge in [0.15, 0.2) is 17.3 Å². The predicted octanol–water partition coefficient (Wildman–Crippen LogP) is 3.43. The lowest BCUT2D eigenvalue weighted by Crippen LogP contribution is -2.39. The summed E-state index contributed by atoms with van der Waals surface area (Å²) in [4.78, 5) is 14.1. The molecule has 0 unspecified atom stereocenters. The SMILES string of the molecule is COc1cc(F)c(NC(=O)N2CCc3ccccc3C2)cc1OC. The first-order valence-corrected chi connectivity index (χ1v) is 7.66. The van der Waals surface area contributed by atoms with E-state index >= 15 is 0 Å². The van der Waals surface area contributed by atoms with Crippen molar-refractivity contribution in [3.8, 4) is 11.5 Å². The number of benzene rings is 2. The highest BCUT2D eigenvalue weighted by molar-refractivity contribution is 5.90. The fraction of sp³-hybridized carbons (Fsp3) is 0.278. The number of nitrogens with one attached hydrogen (secondary N) is 1. The van der Waals surface area contributed by atoms with Gasteiger partial charge < -0.3 is 19.7 Å². The number of carbonyl (C=O) groups excluding carboxylic acids is 1. The van der Waals surface area contributed by atoms with Gasteiger partial charge in [-0.3, -0.25) is 0 Å². The van der Waals surface area contributed by atoms with Crippen molar-refractivity contribution < 1.29 is 18.7 Å². The van der Waals surface area contributed by atoms with Crippen LogP contribution in [0.4, 0.5) is 14.9 Å². The minimum atomic E-state index is -0.571. The molecule has 2 amide bonds. The van der Waals surface area contributed by atoms with Gasteiger partial charge in [-0.05, 0) is 17.5 Å². The third-order valence-electron chi connectivity index (χ3n) is 4.13. The molecule has 5 nitrogen and oxygen atoms in total. The van der Waals surface area contributed by atoms with Gasteiger partial charge in [-0.15, -0.1) is 0 Å². The number of carbonyl (C=O) groups is 1. The minimum Gasteiger partial charge on any atom is -0.493 e. The number of nitrogens with zero attached hydrogens (tertiary/aromatic N) is 1. The van der Waals surface area contributed by atoms with E-state index in [-0.39, 0.29) is 17.5 Å². The van der Waals surface area contributed by atoms with E-state index in [1.54, 1.807) is 4.90 Å². The van der Waals surface area contributed by atoms with Crippen molar-refractivity contribution in [2.75, 3.05) is 26.1 Å². The summed E-state index contributed by atoms with van der Waals surface area (Å²) >= 11 is 0. The van der Waals surface area contributed by atoms with Crippen LogP contribution in [0.25, 0.3) is 0 Å². The van der Waals surface area contributed by atoms with Gasteiger partial charge in [0.05, 0.1) is 19.9 Å². The minimum absolute atomic E-state index is 0.0662. The molecule has 0 fully saturated rings. The molecule has 1 aliphatic heterocycles. The maximum atomic E-state index is 14.2. The molecule has 24 heavy (non-hydrogen) atoms. The van der Waals surface area contributed by atoms with E-state index in [0.717, 1.165) is 12.0 Å². The van der Waals surface area contributed by atoms with Crippen LogP contribution in [-0.4, -0.2) is 31.7 Å². The molecule has 2 aromatic carbocycles. The lowest BCUT2D eigenvalue weighted by molar-refractivity contribution is 0.206. The van der Waals surface area contributed by atoms with E-state index < -0.39 is 5.82 Å². The Kier molecular flexibility index (Phi) is 4.55. The maximum Gasteiger partial charge on any atom is 0.322 e. The standard InChI is InChI=1S/C18H19FN2O3/c1-23-16-9-14(19)15(10-17(16)24-2)20-18(22)21-8-7-12-5-3-4-6-13(12)11-21/h3-6,9-10H,7-8,11H2,1-2H3,(H,20,22). The lowest BCUT2D eigenvalue weighted by atomic mass is 10.0. The van der Waals surface area contributed by atoms with Gasteiger partial charge in [-0.1, -0.05) is 24.3 Å². The molecular formula is C18H19FN2O3. The Labute approximate surface area is 140 Å². The van der Waals surface area contributed by atoms with Crippen LogP contribution in [0.5, 0.6) is 11.5 Å². The molecule has 6 heteroatoms. The Hall–Kier alpha value is -2.76. The largest absolute Gasteiger partial charge is 0.493 e. The molecule has 1 aliphatic rings. The molecule has 1 heterocycles. The van der Waals surface area contributed by atoms with Crippen LogP contribution in [0.2, 0.25) is 0 Å². The van der Waals surface area contributed by atoms with Crippen LogP contribution in [0.3, 0.4) is 0 Å². The summed E-state index contributed by atoms with van der Waals surface area (Å²) in [6.07, 6.45) is 0.790. The molecule has 0 aliphatic carbocycles. The smallest absolute Gasteiger partial charge is 0.322 e. The highest BCUT2D eigenvalue weighted by atomic mass is 19.1. The number of ether oxygens (including phenoxy) is 2. The number of halogens is 1. The molecular weight excluding hydrogens is 311 g/mol. The van der Waals surface area contributed by atoms with Crippen molar-refractivity contribution in [3.05, 3.63) is 53.3 Å². The summed E-state index contributed by atoms with van der Waals surface area (Å²) in [5.74, 6) is 0.0662. The molecule has 0 saturated carbocycles. The first kappa shape index (κ1) is 16.1. The number of anilines is 1. The van der Waals surface area contributed by atoms with Crippen LogP contribution in [-0.2, 0) is 13.0 Å². The molecule has 0 saturated heterocycles. The van der Waals surface area contributed by atoms with E-state index in [1.807, 2.05) is 18.2 Å². The molecule has 2 aromatic rings. The normalized spacial score (nSPS) is 13.2. The Balaban J connectivity index is 1.76. The van der Waals surface area contributed by atoms with E-state index in [0.29, 0.717) is 18.8 Å². The molecule has 3 rings (SSSR count). The quantitative estimate of drug-likeness (QED) is 0.938. The van der Waals surface area contributed by atoms with E-state index in [2.05, 4.69) is 11.4 Å². The van der Waals surface area contributed by atoms with Crippen molar-refractivity contribution in [2.45, 2.75) is 13.0 Å². The Morgan fingerprint density at radius 1 is 1.12 bits per heavy atom. The van der Waals surface area contributed by atoms with Crippen LogP contribution < -0.4 is 14.8 Å². The summed E-state index contributed by atoms with van der Waals surface area (Å²) in [7, 11) is 2.89. The van der Waals surface area contributed by atoms with Gasteiger partial charge in [-0.25, -0.2) is 9.18 Å². The topological polar surface area (TPSA) is 50.8 Å². The fourth-order valence-corrected chi connectivity index (χ4v) is 2.81. The van der Waals surface area contributed by atoms with Crippen LogP contribution in [0.1, 0.15) is 11.1 Å². The molecule has 0 aromatic heterocycles.